The second-order valence-corrected chi connectivity index (χ2v) is 6.02. The summed E-state index contributed by atoms with van der Waals surface area (Å²) in [5.41, 5.74) is 2.27. The predicted octanol–water partition coefficient (Wildman–Crippen LogP) is 2.23. The summed E-state index contributed by atoms with van der Waals surface area (Å²) in [7, 11) is 0. The first-order chi connectivity index (χ1) is 10.1. The Bertz CT molecular complexity index is 647. The summed E-state index contributed by atoms with van der Waals surface area (Å²) in [4.78, 5) is 12.1. The van der Waals surface area contributed by atoms with Gasteiger partial charge in [0.05, 0.1) is 6.10 Å². The van der Waals surface area contributed by atoms with E-state index in [9.17, 15) is 9.90 Å². The van der Waals surface area contributed by atoms with Crippen molar-refractivity contribution in [1.82, 2.24) is 9.88 Å². The zero-order chi connectivity index (χ0) is 14.8. The standard InChI is InChI=1S/C17H22N2O2/c1-12-10-19(15-7-3-2-6-14(12)15)11-17(21)18-9-13-5-4-8-16(13)20/h2-3,6-7,10,13,16,20H,4-5,8-9,11H2,1H3,(H,18,21). The molecule has 2 aromatic rings. The van der Waals surface area contributed by atoms with Crippen LogP contribution in [-0.4, -0.2) is 28.2 Å². The molecular weight excluding hydrogens is 264 g/mol. The summed E-state index contributed by atoms with van der Waals surface area (Å²) in [6, 6.07) is 8.12. The number of aliphatic hydroxyl groups is 1. The SMILES string of the molecule is Cc1cn(CC(=O)NCC2CCCC2O)c2ccccc12. The number of carbonyl (C=O) groups excluding carboxylic acids is 1. The smallest absolute Gasteiger partial charge is 0.239 e. The quantitative estimate of drug-likeness (QED) is 0.905. The second-order valence-electron chi connectivity index (χ2n) is 6.02. The highest BCUT2D eigenvalue weighted by Crippen LogP contribution is 2.24. The first kappa shape index (κ1) is 14.1. The van der Waals surface area contributed by atoms with Crippen molar-refractivity contribution in [2.75, 3.05) is 6.54 Å². The summed E-state index contributed by atoms with van der Waals surface area (Å²) < 4.78 is 1.99. The number of para-hydroxylation sites is 1. The molecular formula is C17H22N2O2. The molecule has 0 radical (unpaired) electrons. The number of benzene rings is 1. The van der Waals surface area contributed by atoms with Gasteiger partial charge in [0.25, 0.3) is 0 Å². The number of nitrogens with one attached hydrogen (secondary N) is 1. The molecule has 1 amide bonds. The van der Waals surface area contributed by atoms with Crippen LogP contribution in [0, 0.1) is 12.8 Å². The molecule has 0 bridgehead atoms. The molecule has 21 heavy (non-hydrogen) atoms. The largest absolute Gasteiger partial charge is 0.393 e. The number of carbonyl (C=O) groups is 1. The monoisotopic (exact) mass is 286 g/mol. The highest BCUT2D eigenvalue weighted by Gasteiger charge is 2.25. The molecule has 1 aliphatic carbocycles. The molecule has 1 aliphatic rings. The number of amides is 1. The van der Waals surface area contributed by atoms with E-state index >= 15 is 0 Å². The molecule has 4 heteroatoms. The molecule has 2 N–H and O–H groups in total. The summed E-state index contributed by atoms with van der Waals surface area (Å²) in [5.74, 6) is 0.229. The number of aryl methyl sites for hydroxylation is 1. The molecule has 2 atom stereocenters. The van der Waals surface area contributed by atoms with E-state index in [2.05, 4.69) is 18.3 Å². The third-order valence-electron chi connectivity index (χ3n) is 4.48. The Morgan fingerprint density at radius 2 is 2.19 bits per heavy atom. The second kappa shape index (κ2) is 5.90. The molecule has 0 saturated heterocycles. The van der Waals surface area contributed by atoms with Gasteiger partial charge < -0.3 is 15.0 Å². The van der Waals surface area contributed by atoms with Crippen LogP contribution in [0.3, 0.4) is 0 Å². The fourth-order valence-corrected chi connectivity index (χ4v) is 3.27. The molecule has 2 unspecified atom stereocenters. The maximum Gasteiger partial charge on any atom is 0.239 e. The first-order valence-electron chi connectivity index (χ1n) is 7.64. The Hall–Kier alpha value is -1.81. The molecule has 1 aromatic carbocycles. The minimum atomic E-state index is -0.250. The predicted molar refractivity (Wildman–Crippen MR) is 83.0 cm³/mol. The number of hydrogen-bond donors (Lipinski definition) is 2. The van der Waals surface area contributed by atoms with Gasteiger partial charge in [-0.3, -0.25) is 4.79 Å². The van der Waals surface area contributed by atoms with Gasteiger partial charge in [-0.05, 0) is 31.4 Å². The Balaban J connectivity index is 1.64. The van der Waals surface area contributed by atoms with Gasteiger partial charge in [0, 0.05) is 29.6 Å². The summed E-state index contributed by atoms with van der Waals surface area (Å²) in [5, 5.41) is 13.9. The van der Waals surface area contributed by atoms with Crippen LogP contribution in [-0.2, 0) is 11.3 Å². The zero-order valence-corrected chi connectivity index (χ0v) is 12.4. The van der Waals surface area contributed by atoms with Crippen LogP contribution in [0.4, 0.5) is 0 Å². The van der Waals surface area contributed by atoms with Gasteiger partial charge >= 0.3 is 0 Å². The number of hydrogen-bond acceptors (Lipinski definition) is 2. The van der Waals surface area contributed by atoms with Crippen molar-refractivity contribution in [3.05, 3.63) is 36.0 Å². The molecule has 1 aromatic heterocycles. The van der Waals surface area contributed by atoms with E-state index in [1.165, 1.54) is 10.9 Å². The molecule has 4 nitrogen and oxygen atoms in total. The molecule has 0 spiro atoms. The van der Waals surface area contributed by atoms with Gasteiger partial charge in [-0.1, -0.05) is 24.6 Å². The minimum absolute atomic E-state index is 0.00912. The van der Waals surface area contributed by atoms with Gasteiger partial charge in [0.2, 0.25) is 5.91 Å². The van der Waals surface area contributed by atoms with Crippen LogP contribution in [0.15, 0.2) is 30.5 Å². The average Bonchev–Trinajstić information content (AvgIpc) is 3.02. The maximum absolute atomic E-state index is 12.1. The van der Waals surface area contributed by atoms with E-state index in [-0.39, 0.29) is 17.9 Å². The Morgan fingerprint density at radius 3 is 2.95 bits per heavy atom. The molecule has 1 heterocycles. The van der Waals surface area contributed by atoms with Crippen LogP contribution < -0.4 is 5.32 Å². The summed E-state index contributed by atoms with van der Waals surface area (Å²) in [6.45, 7) is 2.97. The van der Waals surface area contributed by atoms with E-state index in [1.807, 2.05) is 29.0 Å². The number of aliphatic hydroxyl groups excluding tert-OH is 1. The average molecular weight is 286 g/mol. The fourth-order valence-electron chi connectivity index (χ4n) is 3.27. The van der Waals surface area contributed by atoms with Gasteiger partial charge in [-0.25, -0.2) is 0 Å². The van der Waals surface area contributed by atoms with Gasteiger partial charge in [0.1, 0.15) is 6.54 Å². The van der Waals surface area contributed by atoms with E-state index in [0.717, 1.165) is 24.8 Å². The van der Waals surface area contributed by atoms with Crippen molar-refractivity contribution in [2.45, 2.75) is 38.8 Å². The van der Waals surface area contributed by atoms with Gasteiger partial charge in [-0.2, -0.15) is 0 Å². The lowest BCUT2D eigenvalue weighted by Crippen LogP contribution is -2.34. The van der Waals surface area contributed by atoms with Crippen molar-refractivity contribution < 1.29 is 9.90 Å². The normalized spacial score (nSPS) is 21.8. The molecule has 1 fully saturated rings. The number of rotatable bonds is 4. The van der Waals surface area contributed by atoms with Crippen molar-refractivity contribution in [1.29, 1.82) is 0 Å². The Morgan fingerprint density at radius 1 is 1.38 bits per heavy atom. The first-order valence-corrected chi connectivity index (χ1v) is 7.64. The lowest BCUT2D eigenvalue weighted by Gasteiger charge is -2.15. The molecule has 0 aliphatic heterocycles. The van der Waals surface area contributed by atoms with Crippen LogP contribution in [0.2, 0.25) is 0 Å². The van der Waals surface area contributed by atoms with E-state index < -0.39 is 0 Å². The molecule has 1 saturated carbocycles. The van der Waals surface area contributed by atoms with Crippen LogP contribution in [0.25, 0.3) is 10.9 Å². The van der Waals surface area contributed by atoms with Crippen LogP contribution in [0.1, 0.15) is 24.8 Å². The third kappa shape index (κ3) is 2.95. The third-order valence-corrected chi connectivity index (χ3v) is 4.48. The maximum atomic E-state index is 12.1. The summed E-state index contributed by atoms with van der Waals surface area (Å²) >= 11 is 0. The lowest BCUT2D eigenvalue weighted by molar-refractivity contribution is -0.121. The van der Waals surface area contributed by atoms with E-state index in [4.69, 9.17) is 0 Å². The van der Waals surface area contributed by atoms with Crippen molar-refractivity contribution in [2.24, 2.45) is 5.92 Å². The molecule has 3 rings (SSSR count). The van der Waals surface area contributed by atoms with Gasteiger partial charge in [0.15, 0.2) is 0 Å². The van der Waals surface area contributed by atoms with E-state index in [0.29, 0.717) is 13.1 Å². The topological polar surface area (TPSA) is 54.3 Å². The number of aromatic nitrogens is 1. The number of fused-ring (bicyclic) bond motifs is 1. The Labute approximate surface area is 124 Å². The summed E-state index contributed by atoms with van der Waals surface area (Å²) in [6.07, 6.45) is 4.70. The van der Waals surface area contributed by atoms with E-state index in [1.54, 1.807) is 0 Å². The zero-order valence-electron chi connectivity index (χ0n) is 12.4. The van der Waals surface area contributed by atoms with Crippen molar-refractivity contribution in [3.63, 3.8) is 0 Å². The molecule has 112 valence electrons. The minimum Gasteiger partial charge on any atom is -0.393 e. The van der Waals surface area contributed by atoms with Crippen molar-refractivity contribution >= 4 is 16.8 Å². The lowest BCUT2D eigenvalue weighted by atomic mass is 10.1. The van der Waals surface area contributed by atoms with Crippen molar-refractivity contribution in [3.8, 4) is 0 Å². The fraction of sp³-hybridized carbons (Fsp3) is 0.471. The number of nitrogens with zero attached hydrogens (tertiary/aromatic N) is 1. The highest BCUT2D eigenvalue weighted by molar-refractivity contribution is 5.85. The van der Waals surface area contributed by atoms with Gasteiger partial charge in [-0.15, -0.1) is 0 Å². The van der Waals surface area contributed by atoms with Crippen LogP contribution >= 0.6 is 0 Å². The highest BCUT2D eigenvalue weighted by atomic mass is 16.3. The van der Waals surface area contributed by atoms with Crippen LogP contribution in [0.5, 0.6) is 0 Å². The Kier molecular flexibility index (Phi) is 3.97.